The molecule has 1 saturated carbocycles. The van der Waals surface area contributed by atoms with Crippen molar-refractivity contribution >= 4 is 17.2 Å². The summed E-state index contributed by atoms with van der Waals surface area (Å²) in [4.78, 5) is 2.86. The van der Waals surface area contributed by atoms with Gasteiger partial charge in [0.2, 0.25) is 0 Å². The van der Waals surface area contributed by atoms with Crippen LogP contribution in [0.15, 0.2) is 24.3 Å². The van der Waals surface area contributed by atoms with Gasteiger partial charge in [-0.25, -0.2) is 0 Å². The summed E-state index contributed by atoms with van der Waals surface area (Å²) in [6.45, 7) is 4.49. The lowest BCUT2D eigenvalue weighted by Gasteiger charge is -2.17. The molecule has 2 unspecified atom stereocenters. The van der Waals surface area contributed by atoms with Gasteiger partial charge >= 0.3 is 0 Å². The fourth-order valence-corrected chi connectivity index (χ4v) is 2.38. The number of hydrogen-bond acceptors (Lipinski definition) is 2. The summed E-state index contributed by atoms with van der Waals surface area (Å²) in [7, 11) is 2.18. The second-order valence-corrected chi connectivity index (χ2v) is 5.67. The van der Waals surface area contributed by atoms with Crippen molar-refractivity contribution in [3.05, 3.63) is 35.4 Å². The van der Waals surface area contributed by atoms with Crippen LogP contribution < -0.4 is 5.73 Å². The zero-order valence-corrected chi connectivity index (χ0v) is 11.3. The molecular formula is C14H20N2S. The third kappa shape index (κ3) is 3.51. The minimum absolute atomic E-state index is 0.477. The van der Waals surface area contributed by atoms with E-state index >= 15 is 0 Å². The Balaban J connectivity index is 1.93. The molecule has 0 radical (unpaired) electrons. The lowest BCUT2D eigenvalue weighted by atomic mass is 10.1. The Hall–Kier alpha value is -0.930. The van der Waals surface area contributed by atoms with Crippen LogP contribution in [0.4, 0.5) is 0 Å². The molecule has 1 aromatic rings. The van der Waals surface area contributed by atoms with Crippen molar-refractivity contribution in [2.45, 2.75) is 19.9 Å². The van der Waals surface area contributed by atoms with Crippen molar-refractivity contribution in [1.82, 2.24) is 4.90 Å². The Morgan fingerprint density at radius 3 is 2.82 bits per heavy atom. The van der Waals surface area contributed by atoms with Gasteiger partial charge in [-0.1, -0.05) is 37.3 Å². The number of rotatable bonds is 5. The summed E-state index contributed by atoms with van der Waals surface area (Å²) in [6.07, 6.45) is 1.39. The molecule has 0 heterocycles. The molecule has 2 rings (SSSR count). The zero-order valence-electron chi connectivity index (χ0n) is 10.5. The molecule has 17 heavy (non-hydrogen) atoms. The molecule has 2 N–H and O–H groups in total. The second-order valence-electron chi connectivity index (χ2n) is 5.23. The van der Waals surface area contributed by atoms with Gasteiger partial charge in [-0.05, 0) is 36.9 Å². The fraction of sp³-hybridized carbons (Fsp3) is 0.500. The van der Waals surface area contributed by atoms with Crippen LogP contribution in [0.2, 0.25) is 0 Å². The summed E-state index contributed by atoms with van der Waals surface area (Å²) in [5.41, 5.74) is 7.89. The third-order valence-corrected chi connectivity index (χ3v) is 3.72. The van der Waals surface area contributed by atoms with E-state index in [1.54, 1.807) is 0 Å². The van der Waals surface area contributed by atoms with Crippen molar-refractivity contribution in [1.29, 1.82) is 0 Å². The summed E-state index contributed by atoms with van der Waals surface area (Å²) < 4.78 is 0. The predicted molar refractivity (Wildman–Crippen MR) is 75.9 cm³/mol. The van der Waals surface area contributed by atoms with E-state index in [2.05, 4.69) is 31.0 Å². The standard InChI is InChI=1S/C14H20N2S/c1-10-6-13(10)9-16(2)8-11-4-3-5-12(7-11)14(15)17/h3-5,7,10,13H,6,8-9H2,1-2H3,(H2,15,17). The van der Waals surface area contributed by atoms with E-state index < -0.39 is 0 Å². The van der Waals surface area contributed by atoms with Gasteiger partial charge in [0.05, 0.1) is 0 Å². The third-order valence-electron chi connectivity index (χ3n) is 3.49. The summed E-state index contributed by atoms with van der Waals surface area (Å²) in [5, 5.41) is 0. The largest absolute Gasteiger partial charge is 0.389 e. The Bertz CT molecular complexity index is 416. The van der Waals surface area contributed by atoms with E-state index in [9.17, 15) is 0 Å². The minimum atomic E-state index is 0.477. The molecule has 1 aromatic carbocycles. The van der Waals surface area contributed by atoms with Gasteiger partial charge in [-0.2, -0.15) is 0 Å². The lowest BCUT2D eigenvalue weighted by Crippen LogP contribution is -2.21. The number of nitrogens with zero attached hydrogens (tertiary/aromatic N) is 1. The predicted octanol–water partition coefficient (Wildman–Crippen LogP) is 2.41. The molecular weight excluding hydrogens is 228 g/mol. The molecule has 2 nitrogen and oxygen atoms in total. The van der Waals surface area contributed by atoms with Crippen molar-refractivity contribution in [2.24, 2.45) is 17.6 Å². The first-order chi connectivity index (χ1) is 8.06. The van der Waals surface area contributed by atoms with E-state index in [4.69, 9.17) is 18.0 Å². The fourth-order valence-electron chi connectivity index (χ4n) is 2.25. The van der Waals surface area contributed by atoms with E-state index in [0.29, 0.717) is 4.99 Å². The number of nitrogens with two attached hydrogens (primary N) is 1. The first kappa shape index (κ1) is 12.5. The van der Waals surface area contributed by atoms with Crippen molar-refractivity contribution in [3.8, 4) is 0 Å². The quantitative estimate of drug-likeness (QED) is 0.811. The molecule has 0 bridgehead atoms. The molecule has 0 aromatic heterocycles. The van der Waals surface area contributed by atoms with Gasteiger partial charge in [-0.15, -0.1) is 0 Å². The Kier molecular flexibility index (Phi) is 3.79. The topological polar surface area (TPSA) is 29.3 Å². The molecule has 0 saturated heterocycles. The van der Waals surface area contributed by atoms with Gasteiger partial charge < -0.3 is 10.6 Å². The van der Waals surface area contributed by atoms with Gasteiger partial charge in [0.15, 0.2) is 0 Å². The molecule has 1 aliphatic carbocycles. The molecule has 1 fully saturated rings. The van der Waals surface area contributed by atoms with E-state index in [1.807, 2.05) is 12.1 Å². The second kappa shape index (κ2) is 5.15. The van der Waals surface area contributed by atoms with Crippen LogP contribution in [0.5, 0.6) is 0 Å². The van der Waals surface area contributed by atoms with Crippen molar-refractivity contribution in [2.75, 3.05) is 13.6 Å². The van der Waals surface area contributed by atoms with Crippen molar-refractivity contribution in [3.63, 3.8) is 0 Å². The Morgan fingerprint density at radius 2 is 2.24 bits per heavy atom. The molecule has 92 valence electrons. The molecule has 0 aliphatic heterocycles. The average molecular weight is 248 g/mol. The first-order valence-electron chi connectivity index (χ1n) is 6.13. The van der Waals surface area contributed by atoms with Crippen LogP contribution in [0.1, 0.15) is 24.5 Å². The van der Waals surface area contributed by atoms with Crippen LogP contribution in [-0.4, -0.2) is 23.5 Å². The number of thiocarbonyl (C=S) groups is 1. The summed E-state index contributed by atoms with van der Waals surface area (Å²) in [6, 6.07) is 8.22. The van der Waals surface area contributed by atoms with Gasteiger partial charge in [0, 0.05) is 18.7 Å². The van der Waals surface area contributed by atoms with Crippen LogP contribution in [0.3, 0.4) is 0 Å². The highest BCUT2D eigenvalue weighted by molar-refractivity contribution is 7.80. The van der Waals surface area contributed by atoms with Crippen LogP contribution in [0, 0.1) is 11.8 Å². The van der Waals surface area contributed by atoms with Crippen LogP contribution >= 0.6 is 12.2 Å². The van der Waals surface area contributed by atoms with Crippen LogP contribution in [-0.2, 0) is 6.54 Å². The van der Waals surface area contributed by atoms with Gasteiger partial charge in [-0.3, -0.25) is 0 Å². The average Bonchev–Trinajstić information content (AvgIpc) is 2.94. The maximum absolute atomic E-state index is 5.64. The molecule has 0 amide bonds. The molecule has 2 atom stereocenters. The molecule has 3 heteroatoms. The number of hydrogen-bond donors (Lipinski definition) is 1. The maximum atomic E-state index is 5.64. The maximum Gasteiger partial charge on any atom is 0.103 e. The van der Waals surface area contributed by atoms with Crippen molar-refractivity contribution < 1.29 is 0 Å². The lowest BCUT2D eigenvalue weighted by molar-refractivity contribution is 0.307. The van der Waals surface area contributed by atoms with Gasteiger partial charge in [0.1, 0.15) is 4.99 Å². The summed E-state index contributed by atoms with van der Waals surface area (Å²) in [5.74, 6) is 1.82. The van der Waals surface area contributed by atoms with E-state index in [0.717, 1.165) is 23.9 Å². The van der Waals surface area contributed by atoms with Crippen LogP contribution in [0.25, 0.3) is 0 Å². The summed E-state index contributed by atoms with van der Waals surface area (Å²) >= 11 is 4.99. The number of benzene rings is 1. The Labute approximate surface area is 109 Å². The van der Waals surface area contributed by atoms with Gasteiger partial charge in [0.25, 0.3) is 0 Å². The minimum Gasteiger partial charge on any atom is -0.389 e. The Morgan fingerprint density at radius 1 is 1.53 bits per heavy atom. The monoisotopic (exact) mass is 248 g/mol. The smallest absolute Gasteiger partial charge is 0.103 e. The highest BCUT2D eigenvalue weighted by atomic mass is 32.1. The highest BCUT2D eigenvalue weighted by Crippen LogP contribution is 2.38. The highest BCUT2D eigenvalue weighted by Gasteiger charge is 2.32. The first-order valence-corrected chi connectivity index (χ1v) is 6.54. The molecule has 1 aliphatic rings. The van der Waals surface area contributed by atoms with E-state index in [1.165, 1.54) is 18.5 Å². The molecule has 0 spiro atoms. The zero-order chi connectivity index (χ0) is 12.4. The van der Waals surface area contributed by atoms with E-state index in [-0.39, 0.29) is 0 Å². The SMILES string of the molecule is CC1CC1CN(C)Cc1cccc(C(N)=S)c1. The normalized spacial score (nSPS) is 22.8.